The Labute approximate surface area is 122 Å². The lowest BCUT2D eigenvalue weighted by Crippen LogP contribution is -2.40. The smallest absolute Gasteiger partial charge is 0.254 e. The van der Waals surface area contributed by atoms with Gasteiger partial charge in [-0.05, 0) is 31.7 Å². The van der Waals surface area contributed by atoms with E-state index in [0.29, 0.717) is 0 Å². The Kier molecular flexibility index (Phi) is 5.97. The summed E-state index contributed by atoms with van der Waals surface area (Å²) >= 11 is 5.77. The van der Waals surface area contributed by atoms with Gasteiger partial charge < -0.3 is 11.1 Å². The molecule has 2 rings (SSSR count). The van der Waals surface area contributed by atoms with E-state index in [9.17, 15) is 9.18 Å². The van der Waals surface area contributed by atoms with Crippen molar-refractivity contribution >= 4 is 29.9 Å². The Morgan fingerprint density at radius 3 is 2.68 bits per heavy atom. The summed E-state index contributed by atoms with van der Waals surface area (Å²) in [7, 11) is 0. The van der Waals surface area contributed by atoms with E-state index in [2.05, 4.69) is 10.3 Å². The predicted molar refractivity (Wildman–Crippen MR) is 74.2 cm³/mol. The monoisotopic (exact) mass is 307 g/mol. The molecule has 1 aliphatic carbocycles. The lowest BCUT2D eigenvalue weighted by molar-refractivity contribution is 0.0925. The zero-order chi connectivity index (χ0) is 13.1. The van der Waals surface area contributed by atoms with Crippen LogP contribution in [0.25, 0.3) is 0 Å². The molecule has 0 saturated heterocycles. The molecule has 0 radical (unpaired) electrons. The number of nitrogens with one attached hydrogen (secondary N) is 1. The van der Waals surface area contributed by atoms with E-state index in [4.69, 9.17) is 17.3 Å². The van der Waals surface area contributed by atoms with E-state index >= 15 is 0 Å². The van der Waals surface area contributed by atoms with E-state index in [1.54, 1.807) is 0 Å². The standard InChI is InChI=1S/C12H15ClFN3O.ClH/c13-11-10(5-7(14)6-16-11)12(18)17-9-3-1-8(15)2-4-9;/h5-6,8-9H,1-4,15H2,(H,17,18);1H. The number of carbonyl (C=O) groups excluding carboxylic acids is 1. The van der Waals surface area contributed by atoms with Crippen LogP contribution in [-0.2, 0) is 0 Å². The summed E-state index contributed by atoms with van der Waals surface area (Å²) in [4.78, 5) is 15.5. The lowest BCUT2D eigenvalue weighted by atomic mass is 9.91. The highest BCUT2D eigenvalue weighted by molar-refractivity contribution is 6.32. The molecule has 106 valence electrons. The second-order valence-electron chi connectivity index (χ2n) is 4.58. The van der Waals surface area contributed by atoms with Gasteiger partial charge >= 0.3 is 0 Å². The van der Waals surface area contributed by atoms with Crippen LogP contribution in [0.1, 0.15) is 36.0 Å². The third kappa shape index (κ3) is 4.30. The molecule has 4 nitrogen and oxygen atoms in total. The van der Waals surface area contributed by atoms with Crippen LogP contribution in [0.2, 0.25) is 5.15 Å². The highest BCUT2D eigenvalue weighted by atomic mass is 35.5. The van der Waals surface area contributed by atoms with E-state index < -0.39 is 5.82 Å². The van der Waals surface area contributed by atoms with Crippen LogP contribution in [0.5, 0.6) is 0 Å². The topological polar surface area (TPSA) is 68.0 Å². The quantitative estimate of drug-likeness (QED) is 0.824. The number of nitrogens with zero attached hydrogens (tertiary/aromatic N) is 1. The SMILES string of the molecule is Cl.NC1CCC(NC(=O)c2cc(F)cnc2Cl)CC1. The van der Waals surface area contributed by atoms with E-state index in [-0.39, 0.29) is 41.1 Å². The molecule has 7 heteroatoms. The lowest BCUT2D eigenvalue weighted by Gasteiger charge is -2.26. The van der Waals surface area contributed by atoms with Crippen molar-refractivity contribution in [3.8, 4) is 0 Å². The van der Waals surface area contributed by atoms with Crippen molar-refractivity contribution in [2.75, 3.05) is 0 Å². The number of nitrogens with two attached hydrogens (primary N) is 1. The number of hydrogen-bond acceptors (Lipinski definition) is 3. The molecule has 0 unspecified atom stereocenters. The summed E-state index contributed by atoms with van der Waals surface area (Å²) in [5.41, 5.74) is 5.86. The van der Waals surface area contributed by atoms with Crippen molar-refractivity contribution < 1.29 is 9.18 Å². The maximum atomic E-state index is 13.0. The van der Waals surface area contributed by atoms with Gasteiger partial charge in [-0.2, -0.15) is 0 Å². The highest BCUT2D eigenvalue weighted by Crippen LogP contribution is 2.19. The molecule has 0 aromatic carbocycles. The number of halogens is 3. The molecular formula is C12H16Cl2FN3O. The highest BCUT2D eigenvalue weighted by Gasteiger charge is 2.22. The summed E-state index contributed by atoms with van der Waals surface area (Å²) in [5.74, 6) is -0.956. The molecule has 19 heavy (non-hydrogen) atoms. The van der Waals surface area contributed by atoms with Crippen molar-refractivity contribution in [2.24, 2.45) is 5.73 Å². The van der Waals surface area contributed by atoms with Gasteiger partial charge in [0.1, 0.15) is 11.0 Å². The first kappa shape index (κ1) is 16.1. The van der Waals surface area contributed by atoms with Gasteiger partial charge in [-0.15, -0.1) is 12.4 Å². The van der Waals surface area contributed by atoms with Gasteiger partial charge in [0.15, 0.2) is 0 Å². The maximum Gasteiger partial charge on any atom is 0.254 e. The minimum absolute atomic E-state index is 0. The molecule has 1 fully saturated rings. The fourth-order valence-corrected chi connectivity index (χ4v) is 2.30. The molecule has 0 bridgehead atoms. The summed E-state index contributed by atoms with van der Waals surface area (Å²) in [6, 6.07) is 1.40. The Balaban J connectivity index is 0.00000180. The first-order chi connectivity index (χ1) is 8.56. The van der Waals surface area contributed by atoms with Crippen LogP contribution in [0.4, 0.5) is 4.39 Å². The summed E-state index contributed by atoms with van der Waals surface area (Å²) in [6.45, 7) is 0. The largest absolute Gasteiger partial charge is 0.349 e. The van der Waals surface area contributed by atoms with Crippen LogP contribution in [0.3, 0.4) is 0 Å². The molecule has 1 aliphatic rings. The molecule has 3 N–H and O–H groups in total. The summed E-state index contributed by atoms with van der Waals surface area (Å²) < 4.78 is 13.0. The molecule has 1 aromatic heterocycles. The van der Waals surface area contributed by atoms with Gasteiger partial charge in [0.05, 0.1) is 11.8 Å². The van der Waals surface area contributed by atoms with Gasteiger partial charge in [0.2, 0.25) is 0 Å². The van der Waals surface area contributed by atoms with E-state index in [0.717, 1.165) is 37.9 Å². The molecular weight excluding hydrogens is 292 g/mol. The second-order valence-corrected chi connectivity index (χ2v) is 4.94. The van der Waals surface area contributed by atoms with Gasteiger partial charge in [-0.3, -0.25) is 4.79 Å². The summed E-state index contributed by atoms with van der Waals surface area (Å²) in [6.07, 6.45) is 4.44. The Morgan fingerprint density at radius 2 is 2.05 bits per heavy atom. The van der Waals surface area contributed by atoms with Crippen molar-refractivity contribution in [1.82, 2.24) is 10.3 Å². The third-order valence-electron chi connectivity index (χ3n) is 3.16. The predicted octanol–water partition coefficient (Wildman–Crippen LogP) is 2.30. The number of hydrogen-bond donors (Lipinski definition) is 2. The number of aromatic nitrogens is 1. The minimum atomic E-state index is -0.574. The van der Waals surface area contributed by atoms with Crippen LogP contribution < -0.4 is 11.1 Å². The number of pyridine rings is 1. The Bertz CT molecular complexity index is 451. The molecule has 1 aromatic rings. The van der Waals surface area contributed by atoms with Crippen LogP contribution in [0.15, 0.2) is 12.3 Å². The molecule has 0 spiro atoms. The van der Waals surface area contributed by atoms with Crippen molar-refractivity contribution in [1.29, 1.82) is 0 Å². The second kappa shape index (κ2) is 7.03. The van der Waals surface area contributed by atoms with Gasteiger partial charge in [0, 0.05) is 12.1 Å². The first-order valence-corrected chi connectivity index (χ1v) is 6.31. The van der Waals surface area contributed by atoms with Crippen LogP contribution in [-0.4, -0.2) is 23.0 Å². The van der Waals surface area contributed by atoms with Crippen molar-refractivity contribution in [3.63, 3.8) is 0 Å². The zero-order valence-corrected chi connectivity index (χ0v) is 11.8. The normalized spacial score (nSPS) is 22.5. The third-order valence-corrected chi connectivity index (χ3v) is 3.46. The minimum Gasteiger partial charge on any atom is -0.349 e. The van der Waals surface area contributed by atoms with Crippen molar-refractivity contribution in [2.45, 2.75) is 37.8 Å². The average molecular weight is 308 g/mol. The number of amides is 1. The summed E-state index contributed by atoms with van der Waals surface area (Å²) in [5, 5.41) is 2.85. The van der Waals surface area contributed by atoms with Gasteiger partial charge in [0.25, 0.3) is 5.91 Å². The molecule has 0 aliphatic heterocycles. The fraction of sp³-hybridized carbons (Fsp3) is 0.500. The van der Waals surface area contributed by atoms with E-state index in [1.165, 1.54) is 0 Å². The fourth-order valence-electron chi connectivity index (χ4n) is 2.11. The molecule has 0 atom stereocenters. The van der Waals surface area contributed by atoms with Gasteiger partial charge in [-0.1, -0.05) is 11.6 Å². The van der Waals surface area contributed by atoms with Crippen LogP contribution in [0, 0.1) is 5.82 Å². The van der Waals surface area contributed by atoms with Crippen molar-refractivity contribution in [3.05, 3.63) is 28.8 Å². The number of rotatable bonds is 2. The maximum absolute atomic E-state index is 13.0. The van der Waals surface area contributed by atoms with E-state index in [1.807, 2.05) is 0 Å². The molecule has 1 amide bonds. The first-order valence-electron chi connectivity index (χ1n) is 5.93. The zero-order valence-electron chi connectivity index (χ0n) is 10.2. The Morgan fingerprint density at radius 1 is 1.42 bits per heavy atom. The number of carbonyl (C=O) groups is 1. The molecule has 1 heterocycles. The average Bonchev–Trinajstić information content (AvgIpc) is 2.35. The Hall–Kier alpha value is -0.910. The van der Waals surface area contributed by atoms with Crippen LogP contribution >= 0.6 is 24.0 Å². The van der Waals surface area contributed by atoms with Gasteiger partial charge in [-0.25, -0.2) is 9.37 Å². The molecule has 1 saturated carbocycles.